The van der Waals surface area contributed by atoms with Crippen LogP contribution in [0.3, 0.4) is 0 Å². The molecular formula is C9H9BrF2N2O2. The Labute approximate surface area is 98.9 Å². The van der Waals surface area contributed by atoms with Gasteiger partial charge in [0.15, 0.2) is 0 Å². The number of carbonyl (C=O) groups is 1. The van der Waals surface area contributed by atoms with Gasteiger partial charge in [-0.2, -0.15) is 0 Å². The first kappa shape index (κ1) is 12.9. The number of nitrogen functional groups attached to an aromatic ring is 1. The number of hydrazine groups is 1. The van der Waals surface area contributed by atoms with E-state index < -0.39 is 18.9 Å². The van der Waals surface area contributed by atoms with Gasteiger partial charge in [0, 0.05) is 10.0 Å². The quantitative estimate of drug-likeness (QED) is 0.505. The van der Waals surface area contributed by atoms with Gasteiger partial charge in [0.2, 0.25) is 0 Å². The lowest BCUT2D eigenvalue weighted by atomic mass is 10.2. The van der Waals surface area contributed by atoms with E-state index >= 15 is 0 Å². The molecule has 0 saturated heterocycles. The van der Waals surface area contributed by atoms with Crippen LogP contribution in [0.25, 0.3) is 0 Å². The van der Waals surface area contributed by atoms with Crippen molar-refractivity contribution in [3.63, 3.8) is 0 Å². The van der Waals surface area contributed by atoms with Gasteiger partial charge in [-0.25, -0.2) is 14.6 Å². The zero-order valence-electron chi connectivity index (χ0n) is 8.04. The summed E-state index contributed by atoms with van der Waals surface area (Å²) in [6, 6.07) is 4.31. The lowest BCUT2D eigenvalue weighted by molar-refractivity contribution is 0.0817. The predicted molar refractivity (Wildman–Crippen MR) is 57.3 cm³/mol. The molecule has 0 radical (unpaired) electrons. The molecule has 1 rings (SSSR count). The number of hydrogen-bond donors (Lipinski definition) is 2. The minimum atomic E-state index is -2.56. The molecule has 0 bridgehead atoms. The number of nitrogens with two attached hydrogens (primary N) is 1. The van der Waals surface area contributed by atoms with E-state index in [0.717, 1.165) is 0 Å². The van der Waals surface area contributed by atoms with E-state index in [-0.39, 0.29) is 11.3 Å². The Morgan fingerprint density at radius 1 is 1.50 bits per heavy atom. The molecule has 0 aromatic heterocycles. The third-order valence-electron chi connectivity index (χ3n) is 1.64. The van der Waals surface area contributed by atoms with Crippen molar-refractivity contribution >= 4 is 21.8 Å². The van der Waals surface area contributed by atoms with Gasteiger partial charge in [-0.15, -0.1) is 0 Å². The SMILES string of the molecule is NNC(=O)c1cc(Br)cc(OCC(F)F)c1. The Morgan fingerprint density at radius 3 is 2.75 bits per heavy atom. The van der Waals surface area contributed by atoms with Crippen LogP contribution in [0.1, 0.15) is 10.4 Å². The molecule has 0 atom stereocenters. The number of hydrogen-bond acceptors (Lipinski definition) is 3. The van der Waals surface area contributed by atoms with E-state index in [1.807, 2.05) is 5.43 Å². The van der Waals surface area contributed by atoms with Crippen LogP contribution < -0.4 is 16.0 Å². The largest absolute Gasteiger partial charge is 0.488 e. The molecule has 0 unspecified atom stereocenters. The van der Waals surface area contributed by atoms with Gasteiger partial charge < -0.3 is 4.74 Å². The second kappa shape index (κ2) is 5.76. The van der Waals surface area contributed by atoms with Crippen molar-refractivity contribution in [1.82, 2.24) is 5.43 Å². The van der Waals surface area contributed by atoms with Gasteiger partial charge in [-0.3, -0.25) is 10.2 Å². The number of rotatable bonds is 4. The van der Waals surface area contributed by atoms with Crippen LogP contribution in [0.4, 0.5) is 8.78 Å². The van der Waals surface area contributed by atoms with Crippen molar-refractivity contribution in [2.45, 2.75) is 6.43 Å². The van der Waals surface area contributed by atoms with Crippen LogP contribution >= 0.6 is 15.9 Å². The van der Waals surface area contributed by atoms with E-state index in [1.165, 1.54) is 18.2 Å². The fourth-order valence-corrected chi connectivity index (χ4v) is 1.49. The fraction of sp³-hybridized carbons (Fsp3) is 0.222. The lowest BCUT2D eigenvalue weighted by Gasteiger charge is -2.08. The summed E-state index contributed by atoms with van der Waals surface area (Å²) in [7, 11) is 0. The van der Waals surface area contributed by atoms with Crippen molar-refractivity contribution in [2.24, 2.45) is 5.84 Å². The molecule has 0 aliphatic rings. The second-order valence-electron chi connectivity index (χ2n) is 2.85. The Morgan fingerprint density at radius 2 is 2.19 bits per heavy atom. The molecule has 3 N–H and O–H groups in total. The van der Waals surface area contributed by atoms with Crippen LogP contribution in [0, 0.1) is 0 Å². The molecule has 4 nitrogen and oxygen atoms in total. The van der Waals surface area contributed by atoms with Gasteiger partial charge in [0.25, 0.3) is 12.3 Å². The van der Waals surface area contributed by atoms with Gasteiger partial charge in [0.05, 0.1) is 0 Å². The summed E-state index contributed by atoms with van der Waals surface area (Å²) >= 11 is 3.13. The zero-order valence-corrected chi connectivity index (χ0v) is 9.63. The van der Waals surface area contributed by atoms with Gasteiger partial charge in [-0.1, -0.05) is 15.9 Å². The molecule has 1 aromatic carbocycles. The highest BCUT2D eigenvalue weighted by Crippen LogP contribution is 2.21. The average molecular weight is 295 g/mol. The number of halogens is 3. The van der Waals surface area contributed by atoms with Gasteiger partial charge >= 0.3 is 0 Å². The van der Waals surface area contributed by atoms with Gasteiger partial charge in [0.1, 0.15) is 12.4 Å². The normalized spacial score (nSPS) is 10.3. The highest BCUT2D eigenvalue weighted by Gasteiger charge is 2.09. The molecule has 1 aromatic rings. The standard InChI is InChI=1S/C9H9BrF2N2O2/c10-6-1-5(9(15)14-13)2-7(3-6)16-4-8(11)12/h1-3,8H,4,13H2,(H,14,15). The highest BCUT2D eigenvalue weighted by molar-refractivity contribution is 9.10. The number of alkyl halides is 2. The smallest absolute Gasteiger partial charge is 0.272 e. The van der Waals surface area contributed by atoms with Crippen molar-refractivity contribution < 1.29 is 18.3 Å². The Kier molecular flexibility index (Phi) is 4.63. The molecule has 7 heteroatoms. The fourth-order valence-electron chi connectivity index (χ4n) is 1.02. The monoisotopic (exact) mass is 294 g/mol. The summed E-state index contributed by atoms with van der Waals surface area (Å²) in [6.45, 7) is -0.722. The van der Waals surface area contributed by atoms with Crippen LogP contribution in [0.15, 0.2) is 22.7 Å². The molecule has 16 heavy (non-hydrogen) atoms. The Hall–Kier alpha value is -1.21. The number of benzene rings is 1. The first-order chi connectivity index (χ1) is 7.52. The maximum atomic E-state index is 11.9. The van der Waals surface area contributed by atoms with E-state index in [0.29, 0.717) is 4.47 Å². The Balaban J connectivity index is 2.85. The topological polar surface area (TPSA) is 64.3 Å². The molecule has 0 fully saturated rings. The van der Waals surface area contributed by atoms with Crippen molar-refractivity contribution in [2.75, 3.05) is 6.61 Å². The summed E-state index contributed by atoms with van der Waals surface area (Å²) in [4.78, 5) is 11.2. The van der Waals surface area contributed by atoms with Crippen LogP contribution in [0.5, 0.6) is 5.75 Å². The molecule has 0 saturated carbocycles. The molecular weight excluding hydrogens is 286 g/mol. The first-order valence-electron chi connectivity index (χ1n) is 4.25. The van der Waals surface area contributed by atoms with Crippen molar-refractivity contribution in [3.8, 4) is 5.75 Å². The second-order valence-corrected chi connectivity index (χ2v) is 3.77. The summed E-state index contributed by atoms with van der Waals surface area (Å²) in [5.74, 6) is 4.60. The molecule has 0 aliphatic heterocycles. The summed E-state index contributed by atoms with van der Waals surface area (Å²) in [6.07, 6.45) is -2.56. The van der Waals surface area contributed by atoms with Crippen LogP contribution in [-0.4, -0.2) is 18.9 Å². The highest BCUT2D eigenvalue weighted by atomic mass is 79.9. The maximum absolute atomic E-state index is 11.9. The van der Waals surface area contributed by atoms with E-state index in [2.05, 4.69) is 15.9 Å². The van der Waals surface area contributed by atoms with Crippen molar-refractivity contribution in [1.29, 1.82) is 0 Å². The molecule has 88 valence electrons. The number of carbonyl (C=O) groups excluding carboxylic acids is 1. The Bertz CT molecular complexity index is 388. The minimum absolute atomic E-state index is 0.174. The van der Waals surface area contributed by atoms with Gasteiger partial charge in [-0.05, 0) is 18.2 Å². The van der Waals surface area contributed by atoms with E-state index in [4.69, 9.17) is 10.6 Å². The van der Waals surface area contributed by atoms with Crippen LogP contribution in [-0.2, 0) is 0 Å². The average Bonchev–Trinajstić information content (AvgIpc) is 2.24. The maximum Gasteiger partial charge on any atom is 0.272 e. The third-order valence-corrected chi connectivity index (χ3v) is 2.10. The van der Waals surface area contributed by atoms with Crippen molar-refractivity contribution in [3.05, 3.63) is 28.2 Å². The van der Waals surface area contributed by atoms with E-state index in [9.17, 15) is 13.6 Å². The number of ether oxygens (including phenoxy) is 1. The molecule has 1 amide bonds. The molecule has 0 heterocycles. The number of amides is 1. The molecule has 0 spiro atoms. The molecule has 0 aliphatic carbocycles. The minimum Gasteiger partial charge on any atom is -0.488 e. The third kappa shape index (κ3) is 3.74. The van der Waals surface area contributed by atoms with E-state index in [1.54, 1.807) is 0 Å². The summed E-state index contributed by atoms with van der Waals surface area (Å²) in [5.41, 5.74) is 2.16. The van der Waals surface area contributed by atoms with Crippen LogP contribution in [0.2, 0.25) is 0 Å². The summed E-state index contributed by atoms with van der Waals surface area (Å²) in [5, 5.41) is 0. The zero-order chi connectivity index (χ0) is 12.1. The lowest BCUT2D eigenvalue weighted by Crippen LogP contribution is -2.30. The predicted octanol–water partition coefficient (Wildman–Crippen LogP) is 1.70. The number of nitrogens with one attached hydrogen (secondary N) is 1. The summed E-state index contributed by atoms with van der Waals surface area (Å²) < 4.78 is 29.1. The first-order valence-corrected chi connectivity index (χ1v) is 5.04.